The first-order valence-electron chi connectivity index (χ1n) is 9.00. The molecule has 3 rings (SSSR count). The maximum atomic E-state index is 13.6. The average Bonchev–Trinajstić information content (AvgIpc) is 3.12. The van der Waals surface area contributed by atoms with Crippen LogP contribution in [0.5, 0.6) is 11.5 Å². The SMILES string of the molecule is Cc1cc(O)c(C(C)C)cc1NC(=O)c1ccn(COc2ccc(F)cc2F)n1. The summed E-state index contributed by atoms with van der Waals surface area (Å²) in [6.45, 7) is 5.53. The maximum absolute atomic E-state index is 13.6. The third kappa shape index (κ3) is 4.71. The summed E-state index contributed by atoms with van der Waals surface area (Å²) in [5.74, 6) is -1.79. The molecule has 0 spiro atoms. The summed E-state index contributed by atoms with van der Waals surface area (Å²) in [5, 5.41) is 16.9. The van der Waals surface area contributed by atoms with Crippen molar-refractivity contribution in [3.63, 3.8) is 0 Å². The van der Waals surface area contributed by atoms with Gasteiger partial charge in [-0.2, -0.15) is 5.10 Å². The number of aromatic hydroxyl groups is 1. The maximum Gasteiger partial charge on any atom is 0.276 e. The molecule has 2 aromatic carbocycles. The Morgan fingerprint density at radius 3 is 2.69 bits per heavy atom. The zero-order valence-corrected chi connectivity index (χ0v) is 16.2. The van der Waals surface area contributed by atoms with E-state index in [1.54, 1.807) is 19.1 Å². The van der Waals surface area contributed by atoms with Crippen LogP contribution in [0.15, 0.2) is 42.6 Å². The molecule has 0 radical (unpaired) electrons. The number of nitrogens with one attached hydrogen (secondary N) is 1. The minimum Gasteiger partial charge on any atom is -0.508 e. The molecule has 0 fully saturated rings. The van der Waals surface area contributed by atoms with Crippen molar-refractivity contribution >= 4 is 11.6 Å². The highest BCUT2D eigenvalue weighted by Gasteiger charge is 2.15. The van der Waals surface area contributed by atoms with E-state index in [1.165, 1.54) is 23.0 Å². The van der Waals surface area contributed by atoms with Crippen LogP contribution in [0.25, 0.3) is 0 Å². The molecule has 0 atom stereocenters. The van der Waals surface area contributed by atoms with Crippen LogP contribution in [-0.2, 0) is 6.73 Å². The molecule has 3 aromatic rings. The number of nitrogens with zero attached hydrogens (tertiary/aromatic N) is 2. The van der Waals surface area contributed by atoms with Gasteiger partial charge in [-0.1, -0.05) is 13.8 Å². The van der Waals surface area contributed by atoms with Crippen molar-refractivity contribution in [3.8, 4) is 11.5 Å². The standard InChI is InChI=1S/C21H21F2N3O3/c1-12(2)15-10-18(13(3)8-19(15)27)24-21(28)17-6-7-26(25-17)11-29-20-5-4-14(22)9-16(20)23/h4-10,12,27H,11H2,1-3H3,(H,24,28). The number of ether oxygens (including phenoxy) is 1. The molecule has 0 saturated heterocycles. The van der Waals surface area contributed by atoms with Crippen LogP contribution in [0, 0.1) is 18.6 Å². The second-order valence-corrected chi connectivity index (χ2v) is 6.92. The lowest BCUT2D eigenvalue weighted by atomic mass is 9.99. The number of phenolic OH excluding ortho intramolecular Hbond substituents is 1. The van der Waals surface area contributed by atoms with Crippen LogP contribution in [0.2, 0.25) is 0 Å². The molecule has 6 nitrogen and oxygen atoms in total. The van der Waals surface area contributed by atoms with E-state index in [1.807, 2.05) is 13.8 Å². The number of carbonyl (C=O) groups is 1. The molecule has 152 valence electrons. The minimum absolute atomic E-state index is 0.0921. The Labute approximate surface area is 166 Å². The summed E-state index contributed by atoms with van der Waals surface area (Å²) in [6, 6.07) is 7.84. The predicted molar refractivity (Wildman–Crippen MR) is 104 cm³/mol. The normalized spacial score (nSPS) is 11.0. The van der Waals surface area contributed by atoms with Crippen molar-refractivity contribution in [2.45, 2.75) is 33.4 Å². The Morgan fingerprint density at radius 2 is 2.00 bits per heavy atom. The minimum atomic E-state index is -0.820. The largest absolute Gasteiger partial charge is 0.508 e. The Bertz CT molecular complexity index is 1050. The van der Waals surface area contributed by atoms with Crippen LogP contribution >= 0.6 is 0 Å². The van der Waals surface area contributed by atoms with Gasteiger partial charge in [-0.25, -0.2) is 13.5 Å². The van der Waals surface area contributed by atoms with Gasteiger partial charge in [-0.15, -0.1) is 0 Å². The molecule has 0 aliphatic rings. The van der Waals surface area contributed by atoms with Gasteiger partial charge < -0.3 is 15.2 Å². The van der Waals surface area contributed by atoms with Crippen molar-refractivity contribution in [3.05, 3.63) is 71.1 Å². The molecule has 29 heavy (non-hydrogen) atoms. The van der Waals surface area contributed by atoms with Gasteiger partial charge in [0.25, 0.3) is 5.91 Å². The Morgan fingerprint density at radius 1 is 1.24 bits per heavy atom. The lowest BCUT2D eigenvalue weighted by Gasteiger charge is -2.14. The number of hydrogen-bond donors (Lipinski definition) is 2. The van der Waals surface area contributed by atoms with E-state index >= 15 is 0 Å². The van der Waals surface area contributed by atoms with Gasteiger partial charge in [0.2, 0.25) is 0 Å². The van der Waals surface area contributed by atoms with Crippen molar-refractivity contribution in [1.29, 1.82) is 0 Å². The lowest BCUT2D eigenvalue weighted by molar-refractivity contribution is 0.102. The predicted octanol–water partition coefficient (Wildman–Crippen LogP) is 4.59. The summed E-state index contributed by atoms with van der Waals surface area (Å²) in [7, 11) is 0. The van der Waals surface area contributed by atoms with Crippen LogP contribution in [0.4, 0.5) is 14.5 Å². The molecular formula is C21H21F2N3O3. The fourth-order valence-electron chi connectivity index (χ4n) is 2.78. The van der Waals surface area contributed by atoms with E-state index in [0.29, 0.717) is 5.69 Å². The smallest absolute Gasteiger partial charge is 0.276 e. The van der Waals surface area contributed by atoms with Gasteiger partial charge in [-0.05, 0) is 54.3 Å². The van der Waals surface area contributed by atoms with E-state index in [0.717, 1.165) is 23.3 Å². The third-order valence-corrected chi connectivity index (χ3v) is 4.36. The van der Waals surface area contributed by atoms with Gasteiger partial charge in [0.1, 0.15) is 11.6 Å². The van der Waals surface area contributed by atoms with Crippen LogP contribution in [0.3, 0.4) is 0 Å². The Balaban J connectivity index is 1.69. The second kappa shape index (κ2) is 8.30. The van der Waals surface area contributed by atoms with Crippen LogP contribution in [0.1, 0.15) is 41.4 Å². The molecular weight excluding hydrogens is 380 g/mol. The zero-order chi connectivity index (χ0) is 21.1. The number of halogens is 2. The average molecular weight is 401 g/mol. The quantitative estimate of drug-likeness (QED) is 0.593. The first-order valence-corrected chi connectivity index (χ1v) is 9.00. The topological polar surface area (TPSA) is 76.4 Å². The second-order valence-electron chi connectivity index (χ2n) is 6.92. The van der Waals surface area contributed by atoms with Gasteiger partial charge in [-0.3, -0.25) is 4.79 Å². The van der Waals surface area contributed by atoms with Crippen molar-refractivity contribution in [2.24, 2.45) is 0 Å². The first kappa shape index (κ1) is 20.3. The fourth-order valence-corrected chi connectivity index (χ4v) is 2.78. The number of carbonyl (C=O) groups excluding carboxylic acids is 1. The monoisotopic (exact) mass is 401 g/mol. The van der Waals surface area contributed by atoms with Gasteiger partial charge >= 0.3 is 0 Å². The number of aromatic nitrogens is 2. The summed E-state index contributed by atoms with van der Waals surface area (Å²) in [6.07, 6.45) is 1.51. The Hall–Kier alpha value is -3.42. The highest BCUT2D eigenvalue weighted by atomic mass is 19.1. The van der Waals surface area contributed by atoms with E-state index in [4.69, 9.17) is 4.74 Å². The summed E-state index contributed by atoms with van der Waals surface area (Å²) in [4.78, 5) is 12.5. The molecule has 0 bridgehead atoms. The van der Waals surface area contributed by atoms with Gasteiger partial charge in [0.15, 0.2) is 24.0 Å². The molecule has 1 heterocycles. The molecule has 0 unspecified atom stereocenters. The summed E-state index contributed by atoms with van der Waals surface area (Å²) >= 11 is 0. The van der Waals surface area contributed by atoms with Gasteiger partial charge in [0.05, 0.1) is 0 Å². The number of aryl methyl sites for hydroxylation is 1. The molecule has 0 aliphatic carbocycles. The summed E-state index contributed by atoms with van der Waals surface area (Å²) in [5.41, 5.74) is 2.17. The van der Waals surface area contributed by atoms with Crippen LogP contribution in [-0.4, -0.2) is 20.8 Å². The molecule has 2 N–H and O–H groups in total. The Kier molecular flexibility index (Phi) is 5.81. The molecule has 1 amide bonds. The van der Waals surface area contributed by atoms with Crippen LogP contribution < -0.4 is 10.1 Å². The first-order chi connectivity index (χ1) is 13.7. The van der Waals surface area contributed by atoms with E-state index in [9.17, 15) is 18.7 Å². The number of rotatable bonds is 6. The number of anilines is 1. The van der Waals surface area contributed by atoms with E-state index in [-0.39, 0.29) is 29.8 Å². The third-order valence-electron chi connectivity index (χ3n) is 4.36. The molecule has 0 aliphatic heterocycles. The van der Waals surface area contributed by atoms with Gasteiger partial charge in [0, 0.05) is 18.0 Å². The van der Waals surface area contributed by atoms with E-state index in [2.05, 4.69) is 10.4 Å². The van der Waals surface area contributed by atoms with E-state index < -0.39 is 17.5 Å². The number of amides is 1. The molecule has 0 saturated carbocycles. The number of phenols is 1. The highest BCUT2D eigenvalue weighted by molar-refractivity contribution is 6.03. The summed E-state index contributed by atoms with van der Waals surface area (Å²) < 4.78 is 33.1. The van der Waals surface area contributed by atoms with Crippen molar-refractivity contribution in [2.75, 3.05) is 5.32 Å². The lowest BCUT2D eigenvalue weighted by Crippen LogP contribution is -2.15. The van der Waals surface area contributed by atoms with Crippen molar-refractivity contribution in [1.82, 2.24) is 9.78 Å². The zero-order valence-electron chi connectivity index (χ0n) is 16.2. The number of hydrogen-bond acceptors (Lipinski definition) is 4. The highest BCUT2D eigenvalue weighted by Crippen LogP contribution is 2.31. The van der Waals surface area contributed by atoms with Crippen molar-refractivity contribution < 1.29 is 23.4 Å². The fraction of sp³-hybridized carbons (Fsp3) is 0.238. The number of benzene rings is 2. The molecule has 1 aromatic heterocycles. The molecule has 8 heteroatoms.